The molecular weight excluding hydrogens is 428 g/mol. The molecule has 2 amide bonds. The third-order valence-electron chi connectivity index (χ3n) is 6.20. The van der Waals surface area contributed by atoms with Crippen LogP contribution in [0.1, 0.15) is 36.4 Å². The number of carbonyl (C=O) groups is 2. The summed E-state index contributed by atoms with van der Waals surface area (Å²) in [6.07, 6.45) is 1.89. The Morgan fingerprint density at radius 1 is 1.12 bits per heavy atom. The molecule has 2 aromatic carbocycles. The first-order valence-corrected chi connectivity index (χ1v) is 11.1. The molecule has 2 heterocycles. The van der Waals surface area contributed by atoms with Gasteiger partial charge in [0.15, 0.2) is 0 Å². The van der Waals surface area contributed by atoms with Crippen molar-refractivity contribution in [3.05, 3.63) is 64.7 Å². The number of piperidine rings is 1. The first kappa shape index (κ1) is 22.3. The number of nitrogens with zero attached hydrogens (tertiary/aromatic N) is 3. The second-order valence-electron chi connectivity index (χ2n) is 8.18. The molecule has 2 aliphatic heterocycles. The average molecular weight is 455 g/mol. The Hall–Kier alpha value is -2.90. The number of methoxy groups -OCH3 is 1. The highest BCUT2D eigenvalue weighted by Crippen LogP contribution is 2.37. The first-order valence-electron chi connectivity index (χ1n) is 10.8. The van der Waals surface area contributed by atoms with E-state index >= 15 is 0 Å². The van der Waals surface area contributed by atoms with Crippen molar-refractivity contribution in [2.45, 2.75) is 25.3 Å². The summed E-state index contributed by atoms with van der Waals surface area (Å²) in [6, 6.07) is 14.9. The Kier molecular flexibility index (Phi) is 6.77. The van der Waals surface area contributed by atoms with Gasteiger partial charge in [0, 0.05) is 22.9 Å². The van der Waals surface area contributed by atoms with E-state index in [1.807, 2.05) is 48.5 Å². The monoisotopic (exact) mass is 454 g/mol. The molecule has 0 bridgehead atoms. The van der Waals surface area contributed by atoms with Crippen LogP contribution in [-0.2, 0) is 9.59 Å². The highest BCUT2D eigenvalue weighted by Gasteiger charge is 2.36. The number of nitrogens with two attached hydrogens (primary N) is 1. The highest BCUT2D eigenvalue weighted by atomic mass is 35.5. The fourth-order valence-corrected chi connectivity index (χ4v) is 4.67. The molecule has 2 aromatic rings. The van der Waals surface area contributed by atoms with Crippen LogP contribution in [-0.4, -0.2) is 54.2 Å². The summed E-state index contributed by atoms with van der Waals surface area (Å²) in [7, 11) is 1.62. The zero-order valence-corrected chi connectivity index (χ0v) is 18.8. The van der Waals surface area contributed by atoms with E-state index in [-0.39, 0.29) is 30.3 Å². The summed E-state index contributed by atoms with van der Waals surface area (Å²) in [5, 5.41) is 6.90. The van der Waals surface area contributed by atoms with Gasteiger partial charge in [-0.15, -0.1) is 0 Å². The van der Waals surface area contributed by atoms with Crippen LogP contribution in [0.2, 0.25) is 5.02 Å². The Balaban J connectivity index is 1.58. The fraction of sp³-hybridized carbons (Fsp3) is 0.375. The Bertz CT molecular complexity index is 1030. The maximum absolute atomic E-state index is 13.4. The molecule has 0 radical (unpaired) electrons. The van der Waals surface area contributed by atoms with Gasteiger partial charge in [-0.2, -0.15) is 5.10 Å². The van der Waals surface area contributed by atoms with Crippen LogP contribution in [0.5, 0.6) is 5.75 Å². The Labute approximate surface area is 192 Å². The Morgan fingerprint density at radius 2 is 1.81 bits per heavy atom. The zero-order valence-electron chi connectivity index (χ0n) is 18.0. The van der Waals surface area contributed by atoms with Crippen LogP contribution in [0.15, 0.2) is 53.6 Å². The number of halogens is 1. The lowest BCUT2D eigenvalue weighted by molar-refractivity contribution is -0.134. The van der Waals surface area contributed by atoms with E-state index < -0.39 is 0 Å². The van der Waals surface area contributed by atoms with E-state index in [1.165, 1.54) is 0 Å². The molecule has 8 heteroatoms. The number of hydrogen-bond acceptors (Lipinski definition) is 5. The number of amides is 2. The molecule has 1 saturated heterocycles. The third-order valence-corrected chi connectivity index (χ3v) is 6.54. The molecule has 0 spiro atoms. The minimum Gasteiger partial charge on any atom is -0.496 e. The number of hydrazone groups is 1. The normalized spacial score (nSPS) is 19.6. The lowest BCUT2D eigenvalue weighted by Crippen LogP contribution is -2.44. The van der Waals surface area contributed by atoms with Crippen molar-refractivity contribution in [1.29, 1.82) is 0 Å². The number of carbonyl (C=O) groups excluding carboxylic acids is 2. The number of ether oxygens (including phenoxy) is 1. The summed E-state index contributed by atoms with van der Waals surface area (Å²) < 4.78 is 5.51. The van der Waals surface area contributed by atoms with Gasteiger partial charge in [0.1, 0.15) is 5.75 Å². The largest absolute Gasteiger partial charge is 0.496 e. The van der Waals surface area contributed by atoms with Crippen molar-refractivity contribution in [2.75, 3.05) is 26.7 Å². The maximum Gasteiger partial charge on any atom is 0.257 e. The second-order valence-corrected chi connectivity index (χ2v) is 8.59. The molecule has 0 saturated carbocycles. The van der Waals surface area contributed by atoms with Crippen molar-refractivity contribution in [2.24, 2.45) is 16.8 Å². The van der Waals surface area contributed by atoms with E-state index in [1.54, 1.807) is 12.1 Å². The molecule has 1 atom stereocenters. The molecule has 7 nitrogen and oxygen atoms in total. The van der Waals surface area contributed by atoms with Crippen LogP contribution in [0.4, 0.5) is 0 Å². The van der Waals surface area contributed by atoms with Gasteiger partial charge in [-0.05, 0) is 49.7 Å². The smallest absolute Gasteiger partial charge is 0.257 e. The second kappa shape index (κ2) is 9.71. The van der Waals surface area contributed by atoms with Crippen molar-refractivity contribution in [3.8, 4) is 5.75 Å². The molecule has 168 valence electrons. The zero-order chi connectivity index (χ0) is 22.7. The van der Waals surface area contributed by atoms with Crippen molar-refractivity contribution < 1.29 is 14.3 Å². The van der Waals surface area contributed by atoms with Crippen molar-refractivity contribution >= 4 is 29.1 Å². The number of para-hydroxylation sites is 1. The summed E-state index contributed by atoms with van der Waals surface area (Å²) in [5.41, 5.74) is 7.95. The average Bonchev–Trinajstić information content (AvgIpc) is 3.25. The summed E-state index contributed by atoms with van der Waals surface area (Å²) in [4.78, 5) is 26.9. The van der Waals surface area contributed by atoms with Gasteiger partial charge in [0.2, 0.25) is 5.91 Å². The number of rotatable bonds is 6. The molecule has 0 aromatic heterocycles. The van der Waals surface area contributed by atoms with E-state index in [2.05, 4.69) is 4.90 Å². The van der Waals surface area contributed by atoms with E-state index in [4.69, 9.17) is 27.2 Å². The molecule has 2 N–H and O–H groups in total. The number of primary amides is 1. The summed E-state index contributed by atoms with van der Waals surface area (Å²) in [5.74, 6) is 0.240. The molecule has 2 aliphatic rings. The molecular formula is C24H27ClN4O3. The quantitative estimate of drug-likeness (QED) is 0.725. The third kappa shape index (κ3) is 4.64. The van der Waals surface area contributed by atoms with Crippen LogP contribution in [0.3, 0.4) is 0 Å². The predicted octanol–water partition coefficient (Wildman–Crippen LogP) is 3.22. The first-order chi connectivity index (χ1) is 15.5. The number of likely N-dealkylation sites (tertiary alicyclic amines) is 1. The van der Waals surface area contributed by atoms with Crippen LogP contribution >= 0.6 is 11.6 Å². The van der Waals surface area contributed by atoms with Crippen LogP contribution < -0.4 is 10.5 Å². The fourth-order valence-electron chi connectivity index (χ4n) is 4.41. The van der Waals surface area contributed by atoms with Crippen LogP contribution in [0, 0.1) is 5.92 Å². The van der Waals surface area contributed by atoms with Gasteiger partial charge in [-0.3, -0.25) is 14.5 Å². The lowest BCUT2D eigenvalue weighted by atomic mass is 9.96. The van der Waals surface area contributed by atoms with Gasteiger partial charge in [-0.1, -0.05) is 41.9 Å². The topological polar surface area (TPSA) is 88.2 Å². The van der Waals surface area contributed by atoms with Gasteiger partial charge >= 0.3 is 0 Å². The number of hydrogen-bond donors (Lipinski definition) is 1. The van der Waals surface area contributed by atoms with E-state index in [0.717, 1.165) is 16.8 Å². The molecule has 32 heavy (non-hydrogen) atoms. The van der Waals surface area contributed by atoms with Crippen LogP contribution in [0.25, 0.3) is 0 Å². The lowest BCUT2D eigenvalue weighted by Gasteiger charge is -2.31. The molecule has 0 aliphatic carbocycles. The minimum absolute atomic E-state index is 0.0997. The predicted molar refractivity (Wildman–Crippen MR) is 124 cm³/mol. The maximum atomic E-state index is 13.4. The molecule has 1 fully saturated rings. The standard InChI is InChI=1S/C24H27ClN4O3/c1-32-22-9-5-3-7-18(22)20-14-21(17-6-2-4-8-19(17)25)29(27-20)23(30)15-28-12-10-16(11-13-28)24(26)31/h2-9,16,21H,10-15H2,1H3,(H2,26,31). The molecule has 4 rings (SSSR count). The van der Waals surface area contributed by atoms with Crippen molar-refractivity contribution in [1.82, 2.24) is 9.91 Å². The summed E-state index contributed by atoms with van der Waals surface area (Å²) >= 11 is 6.50. The molecule has 1 unspecified atom stereocenters. The van der Waals surface area contributed by atoms with E-state index in [9.17, 15) is 9.59 Å². The highest BCUT2D eigenvalue weighted by molar-refractivity contribution is 6.31. The van der Waals surface area contributed by atoms with Gasteiger partial charge in [0.25, 0.3) is 5.91 Å². The minimum atomic E-state index is -0.292. The van der Waals surface area contributed by atoms with Gasteiger partial charge < -0.3 is 10.5 Å². The SMILES string of the molecule is COc1ccccc1C1=NN(C(=O)CN2CCC(C(N)=O)CC2)C(c2ccccc2Cl)C1. The summed E-state index contributed by atoms with van der Waals surface area (Å²) in [6.45, 7) is 1.55. The van der Waals surface area contributed by atoms with Gasteiger partial charge in [0.05, 0.1) is 25.4 Å². The van der Waals surface area contributed by atoms with Gasteiger partial charge in [-0.25, -0.2) is 5.01 Å². The Morgan fingerprint density at radius 3 is 2.50 bits per heavy atom. The van der Waals surface area contributed by atoms with Crippen molar-refractivity contribution in [3.63, 3.8) is 0 Å². The number of benzene rings is 2. The van der Waals surface area contributed by atoms with E-state index in [0.29, 0.717) is 43.1 Å².